The normalized spacial score (nSPS) is 10.7. The molecule has 0 saturated heterocycles. The number of aryl methyl sites for hydroxylation is 2. The van der Waals surface area contributed by atoms with E-state index in [0.29, 0.717) is 5.69 Å². The first kappa shape index (κ1) is 25.6. The third-order valence-electron chi connectivity index (χ3n) is 4.60. The molecular weight excluding hydrogens is 605 g/mol. The van der Waals surface area contributed by atoms with Crippen molar-refractivity contribution < 1.29 is 28.9 Å². The van der Waals surface area contributed by atoms with E-state index >= 15 is 0 Å². The molecule has 4 heterocycles. The van der Waals surface area contributed by atoms with Crippen molar-refractivity contribution in [2.24, 2.45) is 0 Å². The van der Waals surface area contributed by atoms with E-state index < -0.39 is 20.0 Å². The second kappa shape index (κ2) is 10.8. The fourth-order valence-electron chi connectivity index (χ4n) is 2.65. The predicted molar refractivity (Wildman–Crippen MR) is 119 cm³/mol. The van der Waals surface area contributed by atoms with Crippen molar-refractivity contribution in [1.82, 2.24) is 24.9 Å². The molecule has 0 atom stereocenters. The molecule has 0 spiro atoms. The van der Waals surface area contributed by atoms with Gasteiger partial charge in [-0.2, -0.15) is 0 Å². The van der Waals surface area contributed by atoms with E-state index in [0.717, 1.165) is 29.0 Å². The quantitative estimate of drug-likeness (QED) is 0.191. The number of hydrogen-bond acceptors (Lipinski definition) is 4. The first-order chi connectivity index (χ1) is 14.6. The van der Waals surface area contributed by atoms with Crippen molar-refractivity contribution in [1.29, 1.82) is 0 Å². The van der Waals surface area contributed by atoms with E-state index in [9.17, 15) is 8.78 Å². The number of nitrogens with zero attached hydrogens (tertiary/aromatic N) is 5. The van der Waals surface area contributed by atoms with E-state index in [1.807, 2.05) is 38.1 Å². The summed E-state index contributed by atoms with van der Waals surface area (Å²) in [5.41, 5.74) is 3.29. The van der Waals surface area contributed by atoms with Crippen LogP contribution in [0.25, 0.3) is 22.8 Å². The number of halogens is 2. The Kier molecular flexibility index (Phi) is 8.66. The molecule has 0 bridgehead atoms. The molecule has 4 aromatic rings. The summed E-state index contributed by atoms with van der Waals surface area (Å²) < 4.78 is 26.1. The van der Waals surface area contributed by atoms with Crippen molar-refractivity contribution >= 4 is 13.3 Å². The number of imidazole rings is 1. The van der Waals surface area contributed by atoms with Crippen LogP contribution in [-0.4, -0.2) is 28.0 Å². The number of aromatic nitrogens is 5. The molecule has 0 aliphatic carbocycles. The van der Waals surface area contributed by atoms with Gasteiger partial charge in [0.05, 0.1) is 13.8 Å². The molecule has 9 heteroatoms. The maximum Gasteiger partial charge on any atom is 0.128 e. The van der Waals surface area contributed by atoms with Gasteiger partial charge in [0.1, 0.15) is 11.9 Å². The molecule has 1 radical (unpaired) electrons. The monoisotopic (exact) mass is 628 g/mol. The van der Waals surface area contributed by atoms with Crippen LogP contribution in [0.2, 0.25) is 19.6 Å². The molecule has 0 N–H and O–H groups in total. The average Bonchev–Trinajstić information content (AvgIpc) is 3.07. The van der Waals surface area contributed by atoms with Crippen LogP contribution in [0, 0.1) is 31.8 Å². The van der Waals surface area contributed by atoms with Crippen LogP contribution < -0.4 is 10.2 Å². The van der Waals surface area contributed by atoms with Gasteiger partial charge in [0.25, 0.3) is 0 Å². The Labute approximate surface area is 201 Å². The van der Waals surface area contributed by atoms with Crippen LogP contribution in [0.3, 0.4) is 0 Å². The van der Waals surface area contributed by atoms with E-state index in [4.69, 9.17) is 0 Å². The van der Waals surface area contributed by atoms with Crippen molar-refractivity contribution in [3.05, 3.63) is 78.1 Å². The number of pyridine rings is 3. The summed E-state index contributed by atoms with van der Waals surface area (Å²) in [5, 5.41) is 1.18. The van der Waals surface area contributed by atoms with Gasteiger partial charge < -0.3 is 15.0 Å². The van der Waals surface area contributed by atoms with Gasteiger partial charge in [-0.05, 0) is 42.7 Å². The minimum Gasteiger partial charge on any atom is -0.438 e. The van der Waals surface area contributed by atoms with Crippen molar-refractivity contribution in [3.8, 4) is 22.8 Å². The molecule has 0 amide bonds. The molecule has 169 valence electrons. The standard InChI is InChI=1S/C13H13F2N2Si.C10H10N3.Ir/c1-18(2,3)9-4-6-11(16-8-9)10-5-7-12(14)17-13(10)15;1-7-8(2)13-10(12-7)9-5-3-4-6-11-9;/h4,6-8H,1-3H3;3-6H,1-2H3;/q2*-1;. The molecular formula is C23H23F2IrN5Si-2. The molecule has 4 rings (SSSR count). The van der Waals surface area contributed by atoms with Crippen LogP contribution in [0.5, 0.6) is 0 Å². The summed E-state index contributed by atoms with van der Waals surface area (Å²) in [7, 11) is -1.42. The molecule has 0 aliphatic rings. The van der Waals surface area contributed by atoms with Gasteiger partial charge in [0, 0.05) is 32.5 Å². The Morgan fingerprint density at radius 3 is 2.19 bits per heavy atom. The molecule has 32 heavy (non-hydrogen) atoms. The van der Waals surface area contributed by atoms with Gasteiger partial charge in [0.15, 0.2) is 0 Å². The maximum atomic E-state index is 13.5. The third-order valence-corrected chi connectivity index (χ3v) is 6.63. The average molecular weight is 628 g/mol. The second-order valence-electron chi connectivity index (χ2n) is 8.00. The zero-order chi connectivity index (χ0) is 22.6. The summed E-state index contributed by atoms with van der Waals surface area (Å²) in [5.74, 6) is -1.05. The zero-order valence-electron chi connectivity index (χ0n) is 18.4. The SMILES string of the molecule is C[Si](C)(C)c1ccc(-c2[c-]cc(F)nc2F)nc1.Cc1nc(-c2ccccn2)[n-]c1C.[Ir]. The minimum absolute atomic E-state index is 0. The smallest absolute Gasteiger partial charge is 0.128 e. The Balaban J connectivity index is 0.000000230. The number of rotatable bonds is 3. The topological polar surface area (TPSA) is 65.7 Å². The predicted octanol–water partition coefficient (Wildman–Crippen LogP) is 4.48. The van der Waals surface area contributed by atoms with Crippen LogP contribution in [0.1, 0.15) is 11.4 Å². The van der Waals surface area contributed by atoms with Gasteiger partial charge in [-0.3, -0.25) is 9.97 Å². The molecule has 0 fully saturated rings. The summed E-state index contributed by atoms with van der Waals surface area (Å²) in [6.07, 6.45) is 3.49. The minimum atomic E-state index is -1.42. The van der Waals surface area contributed by atoms with E-state index in [1.54, 1.807) is 18.5 Å². The van der Waals surface area contributed by atoms with Crippen molar-refractivity contribution in [2.45, 2.75) is 33.5 Å². The van der Waals surface area contributed by atoms with E-state index in [2.05, 4.69) is 50.6 Å². The fraction of sp³-hybridized carbons (Fsp3) is 0.217. The van der Waals surface area contributed by atoms with Gasteiger partial charge in [-0.25, -0.2) is 8.78 Å². The van der Waals surface area contributed by atoms with Gasteiger partial charge in [-0.15, -0.1) is 6.07 Å². The van der Waals surface area contributed by atoms with Gasteiger partial charge in [0.2, 0.25) is 0 Å². The molecule has 0 saturated carbocycles. The maximum absolute atomic E-state index is 13.5. The summed E-state index contributed by atoms with van der Waals surface area (Å²) in [4.78, 5) is 20.1. The molecule has 0 unspecified atom stereocenters. The Morgan fingerprint density at radius 2 is 1.69 bits per heavy atom. The molecule has 5 nitrogen and oxygen atoms in total. The Morgan fingerprint density at radius 1 is 0.938 bits per heavy atom. The fourth-order valence-corrected chi connectivity index (χ4v) is 3.69. The first-order valence-electron chi connectivity index (χ1n) is 9.75. The van der Waals surface area contributed by atoms with E-state index in [1.165, 1.54) is 5.19 Å². The Hall–Kier alpha value is -2.61. The van der Waals surface area contributed by atoms with E-state index in [-0.39, 0.29) is 25.7 Å². The number of hydrogen-bond donors (Lipinski definition) is 0. The zero-order valence-corrected chi connectivity index (χ0v) is 21.8. The third kappa shape index (κ3) is 6.45. The second-order valence-corrected chi connectivity index (χ2v) is 13.1. The van der Waals surface area contributed by atoms with Gasteiger partial charge in [-0.1, -0.05) is 60.9 Å². The van der Waals surface area contributed by atoms with Crippen molar-refractivity contribution in [2.75, 3.05) is 0 Å². The molecule has 4 aromatic heterocycles. The Bertz CT molecular complexity index is 1140. The van der Waals surface area contributed by atoms with Gasteiger partial charge >= 0.3 is 0 Å². The van der Waals surface area contributed by atoms with Crippen molar-refractivity contribution in [3.63, 3.8) is 0 Å². The van der Waals surface area contributed by atoms with Crippen LogP contribution in [-0.2, 0) is 20.1 Å². The largest absolute Gasteiger partial charge is 0.438 e. The molecule has 0 aromatic carbocycles. The summed E-state index contributed by atoms with van der Waals surface area (Å²) in [6.45, 7) is 10.5. The first-order valence-corrected chi connectivity index (χ1v) is 13.2. The summed E-state index contributed by atoms with van der Waals surface area (Å²) in [6, 6.07) is 12.9. The molecule has 0 aliphatic heterocycles. The van der Waals surface area contributed by atoms with Crippen LogP contribution in [0.4, 0.5) is 8.78 Å². The van der Waals surface area contributed by atoms with Crippen LogP contribution >= 0.6 is 0 Å². The van der Waals surface area contributed by atoms with Crippen LogP contribution in [0.15, 0.2) is 48.8 Å². The summed E-state index contributed by atoms with van der Waals surface area (Å²) >= 11 is 0.